The number of ether oxygens (including phenoxy) is 2. The van der Waals surface area contributed by atoms with Gasteiger partial charge in [0.1, 0.15) is 29.3 Å². The molecule has 4 aromatic rings. The van der Waals surface area contributed by atoms with Crippen molar-refractivity contribution in [3.05, 3.63) is 77.1 Å². The zero-order valence-corrected chi connectivity index (χ0v) is 22.8. The fourth-order valence-electron chi connectivity index (χ4n) is 4.05. The number of halogens is 1. The van der Waals surface area contributed by atoms with Gasteiger partial charge in [0.25, 0.3) is 5.91 Å². The number of primary amides is 1. The second-order valence-electron chi connectivity index (χ2n) is 8.54. The van der Waals surface area contributed by atoms with E-state index in [0.29, 0.717) is 42.1 Å². The maximum absolute atomic E-state index is 13.2. The molecule has 0 bridgehead atoms. The van der Waals surface area contributed by atoms with Crippen molar-refractivity contribution in [2.45, 2.75) is 33.5 Å². The van der Waals surface area contributed by atoms with Gasteiger partial charge in [0, 0.05) is 25.2 Å². The molecule has 0 fully saturated rings. The van der Waals surface area contributed by atoms with Crippen molar-refractivity contribution in [1.29, 1.82) is 0 Å². The summed E-state index contributed by atoms with van der Waals surface area (Å²) in [5.41, 5.74) is 14.6. The lowest BCUT2D eigenvalue weighted by molar-refractivity contribution is 0.0995. The van der Waals surface area contributed by atoms with Gasteiger partial charge in [-0.2, -0.15) is 5.10 Å². The van der Waals surface area contributed by atoms with Crippen molar-refractivity contribution in [2.24, 2.45) is 11.5 Å². The van der Waals surface area contributed by atoms with Crippen LogP contribution in [-0.2, 0) is 19.7 Å². The highest BCUT2D eigenvalue weighted by Gasteiger charge is 2.21. The van der Waals surface area contributed by atoms with E-state index in [1.807, 2.05) is 50.3 Å². The molecule has 0 aliphatic rings. The van der Waals surface area contributed by atoms with Gasteiger partial charge in [0.15, 0.2) is 0 Å². The monoisotopic (exact) mass is 553 g/mol. The lowest BCUT2D eigenvalue weighted by Crippen LogP contribution is -2.20. The average molecular weight is 554 g/mol. The van der Waals surface area contributed by atoms with Gasteiger partial charge >= 0.3 is 0 Å². The van der Waals surface area contributed by atoms with E-state index < -0.39 is 5.91 Å². The third-order valence-corrected chi connectivity index (χ3v) is 5.90. The number of anilines is 1. The van der Waals surface area contributed by atoms with Gasteiger partial charge in [-0.25, -0.2) is 4.98 Å². The number of hydrogen-bond donors (Lipinski definition) is 3. The molecule has 12 heteroatoms. The molecule has 0 saturated carbocycles. The number of benzene rings is 2. The molecule has 0 atom stereocenters. The molecule has 2 aromatic heterocycles. The van der Waals surface area contributed by atoms with Crippen molar-refractivity contribution in [2.75, 3.05) is 19.0 Å². The summed E-state index contributed by atoms with van der Waals surface area (Å²) in [4.78, 5) is 29.9. The summed E-state index contributed by atoms with van der Waals surface area (Å²) in [7, 11) is 1.60. The van der Waals surface area contributed by atoms with E-state index in [2.05, 4.69) is 15.4 Å². The molecule has 5 N–H and O–H groups in total. The Kier molecular flexibility index (Phi) is 9.69. The maximum atomic E-state index is 13.2. The predicted octanol–water partition coefficient (Wildman–Crippen LogP) is 3.44. The highest BCUT2D eigenvalue weighted by molar-refractivity contribution is 6.04. The smallest absolute Gasteiger partial charge is 0.276 e. The first-order chi connectivity index (χ1) is 18.3. The van der Waals surface area contributed by atoms with Gasteiger partial charge in [-0.15, -0.1) is 12.4 Å². The van der Waals surface area contributed by atoms with Crippen LogP contribution in [0, 0.1) is 6.92 Å². The molecular weight excluding hydrogens is 522 g/mol. The molecule has 11 nitrogen and oxygen atoms in total. The van der Waals surface area contributed by atoms with Crippen molar-refractivity contribution < 1.29 is 19.1 Å². The highest BCUT2D eigenvalue weighted by Crippen LogP contribution is 2.32. The lowest BCUT2D eigenvalue weighted by Gasteiger charge is -2.13. The van der Waals surface area contributed by atoms with Crippen molar-refractivity contribution in [1.82, 2.24) is 19.3 Å². The molecule has 4 rings (SSSR count). The number of imidazole rings is 1. The fourth-order valence-corrected chi connectivity index (χ4v) is 4.05. The van der Waals surface area contributed by atoms with E-state index in [9.17, 15) is 9.59 Å². The van der Waals surface area contributed by atoms with Crippen LogP contribution in [0.15, 0.2) is 54.6 Å². The normalized spacial score (nSPS) is 11.0. The van der Waals surface area contributed by atoms with Gasteiger partial charge in [-0.3, -0.25) is 19.6 Å². The number of aromatic nitrogens is 4. The second-order valence-corrected chi connectivity index (χ2v) is 8.54. The standard InChI is InChI=1S/C27H31N7O4.ClH/c1-4-34-22(13-17(2)32-34)26(36)31-27-30-21-14-19(25(29)35)15-23(24(21)33(27)12-6-5-11-28)38-16-18-7-9-20(37-3)10-8-18;/h5-10,13-15H,4,11-12,16,28H2,1-3H3,(H2,29,35)(H,30,31,36);1H/b6-5+;. The van der Waals surface area contributed by atoms with Crippen LogP contribution in [0.25, 0.3) is 11.0 Å². The summed E-state index contributed by atoms with van der Waals surface area (Å²) in [5.74, 6) is 0.436. The molecule has 39 heavy (non-hydrogen) atoms. The molecule has 2 amide bonds. The zero-order valence-electron chi connectivity index (χ0n) is 22.0. The van der Waals surface area contributed by atoms with Crippen LogP contribution in [0.3, 0.4) is 0 Å². The summed E-state index contributed by atoms with van der Waals surface area (Å²) in [6.07, 6.45) is 3.68. The van der Waals surface area contributed by atoms with Crippen LogP contribution in [0.1, 0.15) is 39.0 Å². The highest BCUT2D eigenvalue weighted by atomic mass is 35.5. The van der Waals surface area contributed by atoms with Crippen LogP contribution < -0.4 is 26.3 Å². The number of nitrogens with one attached hydrogen (secondary N) is 1. The lowest BCUT2D eigenvalue weighted by atomic mass is 10.1. The Labute approximate surface area is 232 Å². The summed E-state index contributed by atoms with van der Waals surface area (Å²) in [6, 6.07) is 12.3. The Balaban J connectivity index is 0.00000420. The molecule has 0 radical (unpaired) electrons. The fraction of sp³-hybridized carbons (Fsp3) is 0.259. The van der Waals surface area contributed by atoms with Crippen LogP contribution in [0.4, 0.5) is 5.95 Å². The number of carbonyl (C=O) groups is 2. The van der Waals surface area contributed by atoms with E-state index in [1.165, 1.54) is 0 Å². The largest absolute Gasteiger partial charge is 0.497 e. The van der Waals surface area contributed by atoms with Gasteiger partial charge in [0.2, 0.25) is 11.9 Å². The number of amides is 2. The van der Waals surface area contributed by atoms with E-state index in [-0.39, 0.29) is 36.4 Å². The second kappa shape index (κ2) is 12.9. The van der Waals surface area contributed by atoms with E-state index in [1.54, 1.807) is 34.6 Å². The van der Waals surface area contributed by atoms with Crippen molar-refractivity contribution in [3.8, 4) is 11.5 Å². The molecule has 2 aromatic carbocycles. The molecule has 0 aliphatic carbocycles. The molecule has 206 valence electrons. The third kappa shape index (κ3) is 6.57. The van der Waals surface area contributed by atoms with Gasteiger partial charge < -0.3 is 25.5 Å². The van der Waals surface area contributed by atoms with Crippen LogP contribution in [-0.4, -0.2) is 44.8 Å². The van der Waals surface area contributed by atoms with Crippen molar-refractivity contribution in [3.63, 3.8) is 0 Å². The number of allylic oxidation sites excluding steroid dienone is 1. The molecular formula is C27H32ClN7O4. The van der Waals surface area contributed by atoms with Gasteiger partial charge in [-0.05, 0) is 49.7 Å². The van der Waals surface area contributed by atoms with Gasteiger partial charge in [0.05, 0.1) is 18.3 Å². The first kappa shape index (κ1) is 29.2. The van der Waals surface area contributed by atoms with E-state index in [4.69, 9.17) is 20.9 Å². The summed E-state index contributed by atoms with van der Waals surface area (Å²) < 4.78 is 14.8. The first-order valence-electron chi connectivity index (χ1n) is 12.1. The molecule has 0 spiro atoms. The predicted molar refractivity (Wildman–Crippen MR) is 152 cm³/mol. The zero-order chi connectivity index (χ0) is 27.2. The minimum absolute atomic E-state index is 0. The minimum Gasteiger partial charge on any atom is -0.497 e. The number of nitrogens with zero attached hydrogens (tertiary/aromatic N) is 4. The Morgan fingerprint density at radius 3 is 2.51 bits per heavy atom. The number of carbonyl (C=O) groups excluding carboxylic acids is 2. The Hall–Kier alpha value is -4.35. The SMILES string of the molecule is CCn1nc(C)cc1C(=O)Nc1nc2cc(C(N)=O)cc(OCc3ccc(OC)cc3)c2n1C/C=C/CN.Cl. The average Bonchev–Trinajstić information content (AvgIpc) is 3.47. The van der Waals surface area contributed by atoms with E-state index >= 15 is 0 Å². The quantitative estimate of drug-likeness (QED) is 0.240. The number of aryl methyl sites for hydroxylation is 2. The minimum atomic E-state index is -0.619. The Morgan fingerprint density at radius 1 is 1.13 bits per heavy atom. The topological polar surface area (TPSA) is 152 Å². The van der Waals surface area contributed by atoms with Gasteiger partial charge in [-0.1, -0.05) is 24.3 Å². The van der Waals surface area contributed by atoms with Crippen molar-refractivity contribution >= 4 is 41.2 Å². The molecule has 0 unspecified atom stereocenters. The molecule has 0 saturated heterocycles. The number of fused-ring (bicyclic) bond motifs is 1. The summed E-state index contributed by atoms with van der Waals surface area (Å²) in [5, 5.41) is 7.25. The number of methoxy groups -OCH3 is 1. The van der Waals surface area contributed by atoms with Crippen LogP contribution in [0.5, 0.6) is 11.5 Å². The number of hydrogen-bond acceptors (Lipinski definition) is 7. The third-order valence-electron chi connectivity index (χ3n) is 5.90. The first-order valence-corrected chi connectivity index (χ1v) is 12.1. The Bertz CT molecular complexity index is 1490. The molecule has 2 heterocycles. The summed E-state index contributed by atoms with van der Waals surface area (Å²) >= 11 is 0. The Morgan fingerprint density at radius 2 is 1.87 bits per heavy atom. The number of rotatable bonds is 11. The van der Waals surface area contributed by atoms with Crippen LogP contribution in [0.2, 0.25) is 0 Å². The van der Waals surface area contributed by atoms with E-state index in [0.717, 1.165) is 17.0 Å². The summed E-state index contributed by atoms with van der Waals surface area (Å²) in [6.45, 7) is 5.21. The van der Waals surface area contributed by atoms with Crippen LogP contribution >= 0.6 is 12.4 Å². The maximum Gasteiger partial charge on any atom is 0.276 e. The number of nitrogens with two attached hydrogens (primary N) is 2. The molecule has 0 aliphatic heterocycles.